The molecule has 0 aliphatic heterocycles. The third kappa shape index (κ3) is 3.74. The second kappa shape index (κ2) is 6.15. The topological polar surface area (TPSA) is 66.4 Å². The highest BCUT2D eigenvalue weighted by atomic mass is 16.4. The molecule has 0 bridgehead atoms. The van der Waals surface area contributed by atoms with Crippen LogP contribution in [0.4, 0.5) is 0 Å². The van der Waals surface area contributed by atoms with E-state index in [1.54, 1.807) is 0 Å². The number of hydrogen-bond acceptors (Lipinski definition) is 2. The first-order valence-electron chi connectivity index (χ1n) is 7.90. The second-order valence-electron chi connectivity index (χ2n) is 7.25. The van der Waals surface area contributed by atoms with Crippen LogP contribution in [-0.4, -0.2) is 23.0 Å². The molecule has 2 saturated carbocycles. The van der Waals surface area contributed by atoms with Gasteiger partial charge in [-0.05, 0) is 43.4 Å². The molecule has 2 fully saturated rings. The summed E-state index contributed by atoms with van der Waals surface area (Å²) in [7, 11) is 0. The number of hydrogen-bond donors (Lipinski definition) is 2. The Morgan fingerprint density at radius 3 is 2.55 bits per heavy atom. The lowest BCUT2D eigenvalue weighted by molar-refractivity contribution is -0.141. The van der Waals surface area contributed by atoms with E-state index >= 15 is 0 Å². The van der Waals surface area contributed by atoms with E-state index < -0.39 is 5.97 Å². The van der Waals surface area contributed by atoms with E-state index in [-0.39, 0.29) is 23.3 Å². The summed E-state index contributed by atoms with van der Waals surface area (Å²) in [6, 6.07) is 0.0651. The van der Waals surface area contributed by atoms with Crippen LogP contribution in [0.1, 0.15) is 65.2 Å². The quantitative estimate of drug-likeness (QED) is 0.832. The van der Waals surface area contributed by atoms with Crippen molar-refractivity contribution in [3.63, 3.8) is 0 Å². The van der Waals surface area contributed by atoms with Crippen LogP contribution in [0.2, 0.25) is 0 Å². The van der Waals surface area contributed by atoms with E-state index in [1.807, 2.05) is 0 Å². The van der Waals surface area contributed by atoms with E-state index in [0.29, 0.717) is 25.2 Å². The Balaban J connectivity index is 1.79. The van der Waals surface area contributed by atoms with Crippen molar-refractivity contribution in [3.8, 4) is 0 Å². The standard InChI is InChI=1S/C16H27NO3/c1-16(2)8-4-3-5-12(16)10-14(18)17-13-7-6-11(9-13)15(19)20/h11-13H,3-10H2,1-2H3,(H,17,18)(H,19,20)/t11-,12?,13+/m1/s1. The molecule has 0 heterocycles. The molecule has 0 aromatic rings. The molecule has 2 rings (SSSR count). The molecule has 3 atom stereocenters. The van der Waals surface area contributed by atoms with Gasteiger partial charge in [-0.3, -0.25) is 9.59 Å². The molecule has 2 aliphatic rings. The van der Waals surface area contributed by atoms with Gasteiger partial charge in [-0.2, -0.15) is 0 Å². The number of rotatable bonds is 4. The maximum absolute atomic E-state index is 12.2. The Bertz CT molecular complexity index is 378. The number of carboxylic acid groups (broad SMARTS) is 1. The van der Waals surface area contributed by atoms with Gasteiger partial charge >= 0.3 is 5.97 Å². The molecular weight excluding hydrogens is 254 g/mol. The summed E-state index contributed by atoms with van der Waals surface area (Å²) in [5, 5.41) is 12.0. The van der Waals surface area contributed by atoms with E-state index in [0.717, 1.165) is 12.8 Å². The van der Waals surface area contributed by atoms with E-state index in [4.69, 9.17) is 5.11 Å². The molecule has 4 heteroatoms. The van der Waals surface area contributed by atoms with Crippen molar-refractivity contribution < 1.29 is 14.7 Å². The Morgan fingerprint density at radius 2 is 1.95 bits per heavy atom. The Kier molecular flexibility index (Phi) is 4.71. The summed E-state index contributed by atoms with van der Waals surface area (Å²) in [5.41, 5.74) is 0.259. The van der Waals surface area contributed by atoms with Crippen molar-refractivity contribution in [2.24, 2.45) is 17.3 Å². The van der Waals surface area contributed by atoms with Crippen LogP contribution in [0.5, 0.6) is 0 Å². The third-order valence-electron chi connectivity index (χ3n) is 5.31. The van der Waals surface area contributed by atoms with Crippen LogP contribution < -0.4 is 5.32 Å². The van der Waals surface area contributed by atoms with Gasteiger partial charge in [-0.25, -0.2) is 0 Å². The van der Waals surface area contributed by atoms with Crippen LogP contribution >= 0.6 is 0 Å². The normalized spacial score (nSPS) is 32.8. The van der Waals surface area contributed by atoms with Crippen LogP contribution in [0, 0.1) is 17.3 Å². The molecule has 2 aliphatic carbocycles. The van der Waals surface area contributed by atoms with Gasteiger partial charge in [0, 0.05) is 12.5 Å². The number of amides is 1. The van der Waals surface area contributed by atoms with E-state index in [1.165, 1.54) is 19.3 Å². The first-order chi connectivity index (χ1) is 9.38. The SMILES string of the molecule is CC1(C)CCCCC1CC(=O)N[C@H]1CC[C@@H](C(=O)O)C1. The molecule has 0 aromatic heterocycles. The fourth-order valence-corrected chi connectivity index (χ4v) is 3.79. The maximum Gasteiger partial charge on any atom is 0.306 e. The van der Waals surface area contributed by atoms with Gasteiger partial charge in [0.1, 0.15) is 0 Å². The van der Waals surface area contributed by atoms with Crippen LogP contribution in [-0.2, 0) is 9.59 Å². The van der Waals surface area contributed by atoms with Crippen LogP contribution in [0.25, 0.3) is 0 Å². The lowest BCUT2D eigenvalue weighted by atomic mass is 9.67. The molecule has 0 radical (unpaired) electrons. The molecule has 114 valence electrons. The molecule has 4 nitrogen and oxygen atoms in total. The average Bonchev–Trinajstić information content (AvgIpc) is 2.80. The lowest BCUT2D eigenvalue weighted by Crippen LogP contribution is -2.38. The molecule has 1 unspecified atom stereocenters. The molecule has 20 heavy (non-hydrogen) atoms. The van der Waals surface area contributed by atoms with E-state index in [9.17, 15) is 9.59 Å². The number of carboxylic acids is 1. The zero-order valence-electron chi connectivity index (χ0n) is 12.7. The van der Waals surface area contributed by atoms with Crippen LogP contribution in [0.3, 0.4) is 0 Å². The van der Waals surface area contributed by atoms with Crippen molar-refractivity contribution in [1.82, 2.24) is 5.32 Å². The van der Waals surface area contributed by atoms with Gasteiger partial charge < -0.3 is 10.4 Å². The van der Waals surface area contributed by atoms with Crippen LogP contribution in [0.15, 0.2) is 0 Å². The smallest absolute Gasteiger partial charge is 0.306 e. The number of carbonyl (C=O) groups excluding carboxylic acids is 1. The molecule has 1 amide bonds. The average molecular weight is 281 g/mol. The first-order valence-corrected chi connectivity index (χ1v) is 7.90. The minimum Gasteiger partial charge on any atom is -0.481 e. The highest BCUT2D eigenvalue weighted by Crippen LogP contribution is 2.42. The van der Waals surface area contributed by atoms with Crippen molar-refractivity contribution in [2.45, 2.75) is 71.3 Å². The second-order valence-corrected chi connectivity index (χ2v) is 7.25. The van der Waals surface area contributed by atoms with Crippen molar-refractivity contribution in [2.75, 3.05) is 0 Å². The highest BCUT2D eigenvalue weighted by molar-refractivity contribution is 5.77. The summed E-state index contributed by atoms with van der Waals surface area (Å²) < 4.78 is 0. The summed E-state index contributed by atoms with van der Waals surface area (Å²) in [6.07, 6.45) is 7.53. The third-order valence-corrected chi connectivity index (χ3v) is 5.31. The van der Waals surface area contributed by atoms with Gasteiger partial charge in [0.05, 0.1) is 5.92 Å². The van der Waals surface area contributed by atoms with E-state index in [2.05, 4.69) is 19.2 Å². The molecule has 0 aromatic carbocycles. The molecule has 0 spiro atoms. The Hall–Kier alpha value is -1.06. The number of aliphatic carboxylic acids is 1. The fraction of sp³-hybridized carbons (Fsp3) is 0.875. The fourth-order valence-electron chi connectivity index (χ4n) is 3.79. The summed E-state index contributed by atoms with van der Waals surface area (Å²) in [6.45, 7) is 4.53. The largest absolute Gasteiger partial charge is 0.481 e. The monoisotopic (exact) mass is 281 g/mol. The van der Waals surface area contributed by atoms with Crippen molar-refractivity contribution in [3.05, 3.63) is 0 Å². The predicted octanol–water partition coefficient (Wildman–Crippen LogP) is 2.96. The zero-order chi connectivity index (χ0) is 14.8. The summed E-state index contributed by atoms with van der Waals surface area (Å²) >= 11 is 0. The number of carbonyl (C=O) groups is 2. The van der Waals surface area contributed by atoms with Crippen molar-refractivity contribution >= 4 is 11.9 Å². The minimum atomic E-state index is -0.727. The predicted molar refractivity (Wildman–Crippen MR) is 77.3 cm³/mol. The van der Waals surface area contributed by atoms with Gasteiger partial charge in [-0.1, -0.05) is 26.7 Å². The maximum atomic E-state index is 12.2. The lowest BCUT2D eigenvalue weighted by Gasteiger charge is -2.38. The molecular formula is C16H27NO3. The van der Waals surface area contributed by atoms with Gasteiger partial charge in [0.15, 0.2) is 0 Å². The van der Waals surface area contributed by atoms with Gasteiger partial charge in [0.25, 0.3) is 0 Å². The van der Waals surface area contributed by atoms with Gasteiger partial charge in [0.2, 0.25) is 5.91 Å². The Labute approximate surface area is 121 Å². The van der Waals surface area contributed by atoms with Crippen molar-refractivity contribution in [1.29, 1.82) is 0 Å². The Morgan fingerprint density at radius 1 is 1.20 bits per heavy atom. The molecule has 0 saturated heterocycles. The van der Waals surface area contributed by atoms with Gasteiger partial charge in [-0.15, -0.1) is 0 Å². The summed E-state index contributed by atoms with van der Waals surface area (Å²) in [4.78, 5) is 23.1. The molecule has 2 N–H and O–H groups in total. The summed E-state index contributed by atoms with van der Waals surface area (Å²) in [5.74, 6) is -0.421. The first kappa shape index (κ1) is 15.3. The highest BCUT2D eigenvalue weighted by Gasteiger charge is 2.35. The minimum absolute atomic E-state index is 0.0651. The number of nitrogens with one attached hydrogen (secondary N) is 1. The zero-order valence-corrected chi connectivity index (χ0v) is 12.7.